The van der Waals surface area contributed by atoms with Gasteiger partial charge in [-0.2, -0.15) is 0 Å². The molecule has 0 radical (unpaired) electrons. The largest absolute Gasteiger partial charge is 0.472 e. The lowest BCUT2D eigenvalue weighted by Gasteiger charge is -2.21. The molecule has 0 aliphatic rings. The Balaban J connectivity index is 5.25. The minimum absolute atomic E-state index is 0.103. The van der Waals surface area contributed by atoms with Gasteiger partial charge in [-0.3, -0.25) is 37.3 Å². The quantitative estimate of drug-likeness (QED) is 0.0222. The zero-order valence-corrected chi connectivity index (χ0v) is 57.7. The van der Waals surface area contributed by atoms with Crippen LogP contribution in [0, 0.1) is 23.7 Å². The van der Waals surface area contributed by atoms with Crippen molar-refractivity contribution in [1.82, 2.24) is 0 Å². The summed E-state index contributed by atoms with van der Waals surface area (Å²) in [4.78, 5) is 72.3. The topological polar surface area (TPSA) is 237 Å². The van der Waals surface area contributed by atoms with E-state index >= 15 is 0 Å². The summed E-state index contributed by atoms with van der Waals surface area (Å²) in [5.74, 6) is 0.787. The fraction of sp³-hybridized carbons (Fsp3) is 0.940. The molecule has 17 nitrogen and oxygen atoms in total. The van der Waals surface area contributed by atoms with E-state index in [1.807, 2.05) is 0 Å². The van der Waals surface area contributed by atoms with Gasteiger partial charge in [0.2, 0.25) is 0 Å². The summed E-state index contributed by atoms with van der Waals surface area (Å²) in [7, 11) is -9.90. The van der Waals surface area contributed by atoms with Crippen LogP contribution in [0.15, 0.2) is 0 Å². The fourth-order valence-corrected chi connectivity index (χ4v) is 11.5. The summed E-state index contributed by atoms with van der Waals surface area (Å²) in [6.07, 6.45) is 37.7. The minimum Gasteiger partial charge on any atom is -0.462 e. The Morgan fingerprint density at radius 2 is 0.558 bits per heavy atom. The second kappa shape index (κ2) is 57.0. The molecular formula is C67H130O17P2. The van der Waals surface area contributed by atoms with Gasteiger partial charge in [0.15, 0.2) is 12.2 Å². The number of rotatable bonds is 64. The second-order valence-corrected chi connectivity index (χ2v) is 28.8. The van der Waals surface area contributed by atoms with Crippen molar-refractivity contribution in [1.29, 1.82) is 0 Å². The fourth-order valence-electron chi connectivity index (χ4n) is 9.93. The van der Waals surface area contributed by atoms with Crippen molar-refractivity contribution in [3.63, 3.8) is 0 Å². The van der Waals surface area contributed by atoms with E-state index in [1.165, 1.54) is 116 Å². The number of unbranched alkanes of at least 4 members (excludes halogenated alkanes) is 29. The average molecular weight is 1270 g/mol. The van der Waals surface area contributed by atoms with E-state index in [-0.39, 0.29) is 25.7 Å². The maximum atomic E-state index is 13.0. The number of carbonyl (C=O) groups is 4. The van der Waals surface area contributed by atoms with E-state index in [2.05, 4.69) is 55.4 Å². The van der Waals surface area contributed by atoms with Gasteiger partial charge >= 0.3 is 39.5 Å². The number of hydrogen-bond donors (Lipinski definition) is 3. The Morgan fingerprint density at radius 1 is 0.326 bits per heavy atom. The van der Waals surface area contributed by atoms with Crippen LogP contribution in [-0.4, -0.2) is 96.7 Å². The van der Waals surface area contributed by atoms with E-state index in [0.717, 1.165) is 120 Å². The minimum atomic E-state index is -4.95. The third kappa shape index (κ3) is 59.7. The molecule has 0 aromatic heterocycles. The normalized spacial score (nSPS) is 14.7. The lowest BCUT2D eigenvalue weighted by Crippen LogP contribution is -2.30. The molecule has 0 aliphatic heterocycles. The predicted octanol–water partition coefficient (Wildman–Crippen LogP) is 18.5. The van der Waals surface area contributed by atoms with Crippen LogP contribution in [0.1, 0.15) is 325 Å². The molecule has 86 heavy (non-hydrogen) atoms. The SMILES string of the molecule is CCC(C)CCCCCCCCC(=O)OC[C@H](COP(=O)(O)OC[C@H](O)COP(=O)(O)OC[C@@H](COC(=O)CCCCCCCCC(C)C)OC(=O)CCCCCCCCCCCC(C)C)OC(=O)CCCCCCCCCCCCCCC(C)C. The Kier molecular flexibility index (Phi) is 55.7. The smallest absolute Gasteiger partial charge is 0.462 e. The van der Waals surface area contributed by atoms with Gasteiger partial charge in [-0.05, 0) is 49.4 Å². The highest BCUT2D eigenvalue weighted by Crippen LogP contribution is 2.45. The number of aliphatic hydroxyl groups is 1. The molecule has 0 aliphatic carbocycles. The summed E-state index contributed by atoms with van der Waals surface area (Å²) in [5, 5.41) is 10.6. The molecule has 0 saturated heterocycles. The Morgan fingerprint density at radius 3 is 0.826 bits per heavy atom. The van der Waals surface area contributed by atoms with Gasteiger partial charge in [-0.15, -0.1) is 0 Å². The summed E-state index contributed by atoms with van der Waals surface area (Å²) in [6, 6.07) is 0. The van der Waals surface area contributed by atoms with E-state index in [1.54, 1.807) is 0 Å². The Bertz CT molecular complexity index is 1720. The van der Waals surface area contributed by atoms with Crippen molar-refractivity contribution in [2.45, 2.75) is 343 Å². The first-order valence-corrected chi connectivity index (χ1v) is 37.7. The molecule has 3 unspecified atom stereocenters. The van der Waals surface area contributed by atoms with Crippen molar-refractivity contribution in [3.05, 3.63) is 0 Å². The Hall–Kier alpha value is -1.94. The number of phosphoric acid groups is 2. The van der Waals surface area contributed by atoms with Crippen molar-refractivity contribution in [2.75, 3.05) is 39.6 Å². The molecular weight excluding hydrogens is 1140 g/mol. The van der Waals surface area contributed by atoms with Crippen LogP contribution >= 0.6 is 15.6 Å². The molecule has 0 aromatic carbocycles. The summed E-state index contributed by atoms with van der Waals surface area (Å²) < 4.78 is 68.1. The molecule has 3 N–H and O–H groups in total. The second-order valence-electron chi connectivity index (χ2n) is 25.9. The molecule has 0 bridgehead atoms. The number of hydrogen-bond acceptors (Lipinski definition) is 15. The molecule has 0 spiro atoms. The number of carbonyl (C=O) groups excluding carboxylic acids is 4. The van der Waals surface area contributed by atoms with Crippen LogP contribution in [0.5, 0.6) is 0 Å². The average Bonchev–Trinajstić information content (AvgIpc) is 3.63. The van der Waals surface area contributed by atoms with E-state index in [4.69, 9.17) is 37.0 Å². The maximum absolute atomic E-state index is 13.0. The lowest BCUT2D eigenvalue weighted by molar-refractivity contribution is -0.161. The first kappa shape index (κ1) is 84.1. The number of phosphoric ester groups is 2. The molecule has 510 valence electrons. The van der Waals surface area contributed by atoms with E-state index in [9.17, 15) is 43.2 Å². The molecule has 0 saturated carbocycles. The molecule has 0 heterocycles. The monoisotopic (exact) mass is 1270 g/mol. The van der Waals surface area contributed by atoms with E-state index < -0.39 is 97.5 Å². The first-order chi connectivity index (χ1) is 41.1. The van der Waals surface area contributed by atoms with Crippen LogP contribution in [0.3, 0.4) is 0 Å². The zero-order chi connectivity index (χ0) is 63.9. The van der Waals surface area contributed by atoms with Gasteiger partial charge in [0, 0.05) is 25.7 Å². The van der Waals surface area contributed by atoms with Crippen LogP contribution in [0.4, 0.5) is 0 Å². The van der Waals surface area contributed by atoms with Crippen molar-refractivity contribution < 1.29 is 80.2 Å². The van der Waals surface area contributed by atoms with Crippen LogP contribution in [0.25, 0.3) is 0 Å². The zero-order valence-electron chi connectivity index (χ0n) is 55.9. The molecule has 19 heteroatoms. The molecule has 0 aromatic rings. The molecule has 0 amide bonds. The van der Waals surface area contributed by atoms with Crippen LogP contribution < -0.4 is 0 Å². The summed E-state index contributed by atoms with van der Waals surface area (Å²) >= 11 is 0. The molecule has 0 rings (SSSR count). The first-order valence-electron chi connectivity index (χ1n) is 34.7. The number of esters is 4. The third-order valence-electron chi connectivity index (χ3n) is 15.7. The molecule has 0 fully saturated rings. The summed E-state index contributed by atoms with van der Waals surface area (Å²) in [5.41, 5.74) is 0. The van der Waals surface area contributed by atoms with Crippen LogP contribution in [-0.2, 0) is 65.4 Å². The van der Waals surface area contributed by atoms with Crippen LogP contribution in [0.2, 0.25) is 0 Å². The lowest BCUT2D eigenvalue weighted by atomic mass is 10.00. The maximum Gasteiger partial charge on any atom is 0.472 e. The van der Waals surface area contributed by atoms with Crippen molar-refractivity contribution in [3.8, 4) is 0 Å². The van der Waals surface area contributed by atoms with Gasteiger partial charge in [0.25, 0.3) is 0 Å². The highest BCUT2D eigenvalue weighted by molar-refractivity contribution is 7.47. The Labute approximate surface area is 524 Å². The van der Waals surface area contributed by atoms with E-state index in [0.29, 0.717) is 31.6 Å². The molecule has 6 atom stereocenters. The number of aliphatic hydroxyl groups excluding tert-OH is 1. The van der Waals surface area contributed by atoms with Gasteiger partial charge in [0.05, 0.1) is 26.4 Å². The highest BCUT2D eigenvalue weighted by atomic mass is 31.2. The van der Waals surface area contributed by atoms with Gasteiger partial charge in [-0.1, -0.05) is 274 Å². The van der Waals surface area contributed by atoms with Gasteiger partial charge in [0.1, 0.15) is 19.3 Å². The predicted molar refractivity (Wildman–Crippen MR) is 344 cm³/mol. The summed E-state index contributed by atoms with van der Waals surface area (Å²) in [6.45, 7) is 14.0. The third-order valence-corrected chi connectivity index (χ3v) is 17.6. The standard InChI is InChI=1S/C67H130O17P2/c1-9-60(8)46-38-30-24-26-32-40-48-65(70)78-54-63(83-66(71)49-41-33-21-17-13-11-10-12-15-19-27-35-43-57(2)3)56-82-86(75,76)80-52-61(68)51-79-85(73,74)81-55-62(53-77-64(69)47-39-31-25-23-29-37-45-59(6)7)84-67(72)50-42-34-22-18-14-16-20-28-36-44-58(4)5/h57-63,68H,9-56H2,1-8H3,(H,73,74)(H,75,76)/t60?,61-,62-,63-/m1/s1. The van der Waals surface area contributed by atoms with Crippen molar-refractivity contribution in [2.24, 2.45) is 23.7 Å². The highest BCUT2D eigenvalue weighted by Gasteiger charge is 2.30. The number of ether oxygens (including phenoxy) is 4. The van der Waals surface area contributed by atoms with Gasteiger partial charge < -0.3 is 33.8 Å². The van der Waals surface area contributed by atoms with Crippen molar-refractivity contribution >= 4 is 39.5 Å². The van der Waals surface area contributed by atoms with Gasteiger partial charge in [-0.25, -0.2) is 9.13 Å².